The van der Waals surface area contributed by atoms with E-state index in [9.17, 15) is 0 Å². The van der Waals surface area contributed by atoms with Crippen LogP contribution in [0.3, 0.4) is 0 Å². The van der Waals surface area contributed by atoms with Gasteiger partial charge in [0.05, 0.1) is 0 Å². The standard InChI is InChI=1S/C22H25N3/c23-19-11-9-18(10-12-19)6-4-5-17-24-20-13-15-22(16-14-20)25-21-7-2-1-3-8-21/h1-3,7-16,24-25H,4-6,17,23H2. The lowest BCUT2D eigenvalue weighted by molar-refractivity contribution is 0.763. The summed E-state index contributed by atoms with van der Waals surface area (Å²) in [7, 11) is 0. The van der Waals surface area contributed by atoms with Crippen molar-refractivity contribution in [3.8, 4) is 0 Å². The molecular formula is C22H25N3. The SMILES string of the molecule is Nc1ccc(CCCCNc2ccc(Nc3ccccc3)cc2)cc1. The lowest BCUT2D eigenvalue weighted by Crippen LogP contribution is -2.02. The Bertz CT molecular complexity index is 750. The Hall–Kier alpha value is -2.94. The summed E-state index contributed by atoms with van der Waals surface area (Å²) in [5.74, 6) is 0. The molecule has 0 saturated carbocycles. The van der Waals surface area contributed by atoms with Crippen LogP contribution in [0.25, 0.3) is 0 Å². The van der Waals surface area contributed by atoms with Crippen LogP contribution >= 0.6 is 0 Å². The molecule has 0 amide bonds. The van der Waals surface area contributed by atoms with Gasteiger partial charge in [0, 0.05) is 29.3 Å². The fourth-order valence-corrected chi connectivity index (χ4v) is 2.73. The molecule has 0 bridgehead atoms. The molecule has 0 fully saturated rings. The van der Waals surface area contributed by atoms with Crippen molar-refractivity contribution in [2.75, 3.05) is 22.9 Å². The summed E-state index contributed by atoms with van der Waals surface area (Å²) in [5, 5.41) is 6.88. The summed E-state index contributed by atoms with van der Waals surface area (Å²) >= 11 is 0. The Kier molecular flexibility index (Phi) is 5.94. The smallest absolute Gasteiger partial charge is 0.0385 e. The highest BCUT2D eigenvalue weighted by Crippen LogP contribution is 2.18. The Morgan fingerprint density at radius 2 is 1.28 bits per heavy atom. The minimum Gasteiger partial charge on any atom is -0.399 e. The van der Waals surface area contributed by atoms with Crippen molar-refractivity contribution in [2.24, 2.45) is 0 Å². The maximum absolute atomic E-state index is 5.71. The van der Waals surface area contributed by atoms with Gasteiger partial charge in [-0.2, -0.15) is 0 Å². The van der Waals surface area contributed by atoms with Gasteiger partial charge in [-0.25, -0.2) is 0 Å². The largest absolute Gasteiger partial charge is 0.399 e. The average molecular weight is 331 g/mol. The van der Waals surface area contributed by atoms with Crippen LogP contribution in [0.5, 0.6) is 0 Å². The second kappa shape index (κ2) is 8.78. The zero-order valence-electron chi connectivity index (χ0n) is 14.4. The van der Waals surface area contributed by atoms with E-state index >= 15 is 0 Å². The molecule has 3 nitrogen and oxygen atoms in total. The van der Waals surface area contributed by atoms with Gasteiger partial charge in [0.15, 0.2) is 0 Å². The first kappa shape index (κ1) is 16.9. The molecule has 3 heteroatoms. The van der Waals surface area contributed by atoms with E-state index in [1.165, 1.54) is 12.0 Å². The topological polar surface area (TPSA) is 50.1 Å². The van der Waals surface area contributed by atoms with Crippen LogP contribution in [0.4, 0.5) is 22.7 Å². The Morgan fingerprint density at radius 3 is 2.00 bits per heavy atom. The summed E-state index contributed by atoms with van der Waals surface area (Å²) in [5.41, 5.74) is 11.2. The summed E-state index contributed by atoms with van der Waals surface area (Å²) < 4.78 is 0. The summed E-state index contributed by atoms with van der Waals surface area (Å²) in [6.45, 7) is 0.987. The zero-order valence-corrected chi connectivity index (χ0v) is 14.4. The minimum atomic E-state index is 0.829. The quantitative estimate of drug-likeness (QED) is 0.380. The van der Waals surface area contributed by atoms with E-state index in [0.717, 1.165) is 42.1 Å². The molecule has 0 spiro atoms. The number of aryl methyl sites for hydroxylation is 1. The first-order valence-corrected chi connectivity index (χ1v) is 8.80. The number of rotatable bonds is 8. The third-order valence-corrected chi connectivity index (χ3v) is 4.15. The van der Waals surface area contributed by atoms with E-state index in [1.807, 2.05) is 30.3 Å². The van der Waals surface area contributed by atoms with Crippen molar-refractivity contribution >= 4 is 22.7 Å². The molecule has 0 saturated heterocycles. The molecule has 3 rings (SSSR count). The van der Waals surface area contributed by atoms with Gasteiger partial charge in [0.25, 0.3) is 0 Å². The molecule has 0 aromatic heterocycles. The molecule has 4 N–H and O–H groups in total. The number of hydrogen-bond acceptors (Lipinski definition) is 3. The van der Waals surface area contributed by atoms with Crippen molar-refractivity contribution in [3.63, 3.8) is 0 Å². The van der Waals surface area contributed by atoms with Gasteiger partial charge in [-0.1, -0.05) is 30.3 Å². The average Bonchev–Trinajstić information content (AvgIpc) is 2.65. The van der Waals surface area contributed by atoms with Crippen molar-refractivity contribution in [2.45, 2.75) is 19.3 Å². The van der Waals surface area contributed by atoms with Crippen LogP contribution in [0, 0.1) is 0 Å². The van der Waals surface area contributed by atoms with E-state index in [0.29, 0.717) is 0 Å². The molecule has 0 radical (unpaired) electrons. The molecule has 3 aromatic carbocycles. The molecule has 0 aliphatic carbocycles. The van der Waals surface area contributed by atoms with E-state index < -0.39 is 0 Å². The Morgan fingerprint density at radius 1 is 0.640 bits per heavy atom. The van der Waals surface area contributed by atoms with Crippen LogP contribution in [0.2, 0.25) is 0 Å². The number of nitrogen functional groups attached to an aromatic ring is 1. The van der Waals surface area contributed by atoms with Crippen molar-refractivity contribution in [3.05, 3.63) is 84.4 Å². The van der Waals surface area contributed by atoms with Crippen molar-refractivity contribution in [1.29, 1.82) is 0 Å². The summed E-state index contributed by atoms with van der Waals surface area (Å²) in [6, 6.07) is 26.8. The van der Waals surface area contributed by atoms with Gasteiger partial charge in [-0.05, 0) is 73.4 Å². The van der Waals surface area contributed by atoms with E-state index in [1.54, 1.807) is 0 Å². The first-order valence-electron chi connectivity index (χ1n) is 8.80. The number of anilines is 4. The fourth-order valence-electron chi connectivity index (χ4n) is 2.73. The van der Waals surface area contributed by atoms with Crippen LogP contribution in [-0.4, -0.2) is 6.54 Å². The fraction of sp³-hybridized carbons (Fsp3) is 0.182. The molecule has 128 valence electrons. The number of nitrogens with two attached hydrogens (primary N) is 1. The molecule has 0 aliphatic heterocycles. The summed E-state index contributed by atoms with van der Waals surface area (Å²) in [4.78, 5) is 0. The van der Waals surface area contributed by atoms with Crippen molar-refractivity contribution in [1.82, 2.24) is 0 Å². The molecule has 0 aliphatic rings. The molecule has 0 heterocycles. The highest BCUT2D eigenvalue weighted by molar-refractivity contribution is 5.62. The highest BCUT2D eigenvalue weighted by atomic mass is 14.9. The lowest BCUT2D eigenvalue weighted by atomic mass is 10.1. The molecule has 3 aromatic rings. The van der Waals surface area contributed by atoms with Gasteiger partial charge < -0.3 is 16.4 Å². The van der Waals surface area contributed by atoms with Gasteiger partial charge >= 0.3 is 0 Å². The third-order valence-electron chi connectivity index (χ3n) is 4.15. The van der Waals surface area contributed by atoms with Crippen molar-refractivity contribution < 1.29 is 0 Å². The van der Waals surface area contributed by atoms with Crippen LogP contribution in [0.15, 0.2) is 78.9 Å². The van der Waals surface area contributed by atoms with E-state index in [-0.39, 0.29) is 0 Å². The van der Waals surface area contributed by atoms with E-state index in [2.05, 4.69) is 59.2 Å². The van der Waals surface area contributed by atoms with E-state index in [4.69, 9.17) is 5.73 Å². The van der Waals surface area contributed by atoms with Crippen LogP contribution in [0.1, 0.15) is 18.4 Å². The molecule has 25 heavy (non-hydrogen) atoms. The second-order valence-electron chi connectivity index (χ2n) is 6.19. The Balaban J connectivity index is 1.38. The first-order chi connectivity index (χ1) is 12.3. The number of nitrogens with one attached hydrogen (secondary N) is 2. The summed E-state index contributed by atoms with van der Waals surface area (Å²) in [6.07, 6.45) is 3.42. The predicted molar refractivity (Wildman–Crippen MR) is 108 cm³/mol. The molecule has 0 atom stereocenters. The zero-order chi connectivity index (χ0) is 17.3. The number of hydrogen-bond donors (Lipinski definition) is 3. The lowest BCUT2D eigenvalue weighted by Gasteiger charge is -2.09. The molecular weight excluding hydrogens is 306 g/mol. The van der Waals surface area contributed by atoms with Crippen LogP contribution < -0.4 is 16.4 Å². The second-order valence-corrected chi connectivity index (χ2v) is 6.19. The predicted octanol–water partition coefficient (Wildman–Crippen LogP) is 5.45. The van der Waals surface area contributed by atoms with Gasteiger partial charge in [0.1, 0.15) is 0 Å². The maximum Gasteiger partial charge on any atom is 0.0385 e. The normalized spacial score (nSPS) is 10.4. The maximum atomic E-state index is 5.71. The number of para-hydroxylation sites is 1. The molecule has 0 unspecified atom stereocenters. The van der Waals surface area contributed by atoms with Gasteiger partial charge in [0.2, 0.25) is 0 Å². The van der Waals surface area contributed by atoms with Gasteiger partial charge in [-0.3, -0.25) is 0 Å². The Labute approximate surface area is 149 Å². The van der Waals surface area contributed by atoms with Gasteiger partial charge in [-0.15, -0.1) is 0 Å². The van der Waals surface area contributed by atoms with Crippen LogP contribution in [-0.2, 0) is 6.42 Å². The third kappa shape index (κ3) is 5.57. The monoisotopic (exact) mass is 331 g/mol. The number of unbranched alkanes of at least 4 members (excludes halogenated alkanes) is 1. The highest BCUT2D eigenvalue weighted by Gasteiger charge is 1.97. The minimum absolute atomic E-state index is 0.829. The number of benzene rings is 3.